The van der Waals surface area contributed by atoms with Crippen LogP contribution in [0.25, 0.3) is 28.0 Å². The number of aliphatic imine (C=N–C) groups is 1. The van der Waals surface area contributed by atoms with Gasteiger partial charge in [0.2, 0.25) is 5.88 Å². The Kier molecular flexibility index (Phi) is 6.13. The van der Waals surface area contributed by atoms with Crippen molar-refractivity contribution in [2.45, 2.75) is 6.54 Å². The summed E-state index contributed by atoms with van der Waals surface area (Å²) in [5.41, 5.74) is 2.79. The van der Waals surface area contributed by atoms with Gasteiger partial charge >= 0.3 is 5.97 Å². The molecule has 0 bridgehead atoms. The lowest BCUT2D eigenvalue weighted by atomic mass is 9.98. The molecule has 0 aliphatic carbocycles. The smallest absolute Gasteiger partial charge is 0.328 e. The van der Waals surface area contributed by atoms with Crippen molar-refractivity contribution >= 4 is 29.0 Å². The predicted molar refractivity (Wildman–Crippen MR) is 129 cm³/mol. The molecule has 1 heterocycles. The Morgan fingerprint density at radius 3 is 2.47 bits per heavy atom. The number of fused-ring (bicyclic) bond motifs is 1. The second-order valence-electron chi connectivity index (χ2n) is 7.57. The summed E-state index contributed by atoms with van der Waals surface area (Å²) in [4.78, 5) is 29.9. The number of nitrogens with zero attached hydrogens (tertiary/aromatic N) is 1. The van der Waals surface area contributed by atoms with Crippen LogP contribution in [0.15, 0.2) is 76.5 Å². The monoisotopic (exact) mass is 456 g/mol. The first-order valence-electron chi connectivity index (χ1n) is 10.2. The summed E-state index contributed by atoms with van der Waals surface area (Å²) < 4.78 is 0. The summed E-state index contributed by atoms with van der Waals surface area (Å²) in [5, 5.41) is 39.2. The van der Waals surface area contributed by atoms with Crippen LogP contribution in [0, 0.1) is 0 Å². The van der Waals surface area contributed by atoms with Gasteiger partial charge in [0.25, 0.3) is 5.56 Å². The number of aromatic nitrogens is 1. The normalized spacial score (nSPS) is 11.5. The summed E-state index contributed by atoms with van der Waals surface area (Å²) in [6, 6.07) is 16.8. The van der Waals surface area contributed by atoms with E-state index in [-0.39, 0.29) is 23.9 Å². The molecule has 3 aromatic carbocycles. The van der Waals surface area contributed by atoms with Gasteiger partial charge in [0.05, 0.1) is 12.1 Å². The third-order valence-corrected chi connectivity index (χ3v) is 5.21. The number of hydrogen-bond acceptors (Lipinski definition) is 6. The van der Waals surface area contributed by atoms with Crippen molar-refractivity contribution in [3.63, 3.8) is 0 Å². The molecule has 0 radical (unpaired) electrons. The number of carboxylic acid groups (broad SMARTS) is 1. The fraction of sp³-hybridized carbons (Fsp3) is 0.0385. The summed E-state index contributed by atoms with van der Waals surface area (Å²) in [7, 11) is 0. The molecule has 0 amide bonds. The summed E-state index contributed by atoms with van der Waals surface area (Å²) in [5.74, 6) is -1.86. The Balaban J connectivity index is 1.74. The van der Waals surface area contributed by atoms with Crippen molar-refractivity contribution in [3.05, 3.63) is 93.8 Å². The molecule has 5 N–H and O–H groups in total. The van der Waals surface area contributed by atoms with Crippen LogP contribution in [0.3, 0.4) is 0 Å². The molecule has 0 saturated heterocycles. The highest BCUT2D eigenvalue weighted by molar-refractivity contribution is 6.02. The van der Waals surface area contributed by atoms with Gasteiger partial charge in [-0.15, -0.1) is 0 Å². The van der Waals surface area contributed by atoms with Gasteiger partial charge in [-0.1, -0.05) is 30.3 Å². The molecule has 4 aromatic rings. The van der Waals surface area contributed by atoms with E-state index in [1.807, 2.05) is 12.1 Å². The molecule has 8 nitrogen and oxygen atoms in total. The number of aromatic hydroxyl groups is 3. The Labute approximate surface area is 193 Å². The molecule has 8 heteroatoms. The predicted octanol–water partition coefficient (Wildman–Crippen LogP) is 4.03. The second-order valence-corrected chi connectivity index (χ2v) is 7.57. The third kappa shape index (κ3) is 4.81. The zero-order valence-electron chi connectivity index (χ0n) is 17.8. The Morgan fingerprint density at radius 1 is 0.912 bits per heavy atom. The van der Waals surface area contributed by atoms with Gasteiger partial charge in [-0.2, -0.15) is 0 Å². The summed E-state index contributed by atoms with van der Waals surface area (Å²) >= 11 is 0. The van der Waals surface area contributed by atoms with E-state index in [0.29, 0.717) is 27.5 Å². The average molecular weight is 456 g/mol. The Hall–Kier alpha value is -4.85. The van der Waals surface area contributed by atoms with Crippen molar-refractivity contribution in [1.82, 2.24) is 4.98 Å². The lowest BCUT2D eigenvalue weighted by Gasteiger charge is -2.09. The van der Waals surface area contributed by atoms with Gasteiger partial charge in [0, 0.05) is 23.1 Å². The van der Waals surface area contributed by atoms with Crippen LogP contribution in [0.5, 0.6) is 17.4 Å². The van der Waals surface area contributed by atoms with E-state index >= 15 is 0 Å². The Morgan fingerprint density at radius 2 is 1.71 bits per heavy atom. The number of phenolic OH excluding ortho intramolecular Hbond substituents is 2. The number of nitrogens with one attached hydrogen (secondary N) is 1. The lowest BCUT2D eigenvalue weighted by Crippen LogP contribution is -2.08. The summed E-state index contributed by atoms with van der Waals surface area (Å²) in [6.07, 6.45) is 3.98. The molecule has 0 fully saturated rings. The van der Waals surface area contributed by atoms with Gasteiger partial charge in [-0.25, -0.2) is 4.79 Å². The SMILES string of the molecule is O=C(O)/C=C/c1cccc(-c2ccc3c(=O)[nH]c(O)c(C=NCc4ccc(O)c(O)c4)c3c2)c1. The van der Waals surface area contributed by atoms with Crippen LogP contribution < -0.4 is 5.56 Å². The number of phenols is 2. The van der Waals surface area contributed by atoms with Crippen LogP contribution in [0.1, 0.15) is 16.7 Å². The molecular formula is C26H20N2O6. The van der Waals surface area contributed by atoms with E-state index in [2.05, 4.69) is 9.98 Å². The zero-order chi connectivity index (χ0) is 24.2. The van der Waals surface area contributed by atoms with Gasteiger partial charge in [0.15, 0.2) is 11.5 Å². The lowest BCUT2D eigenvalue weighted by molar-refractivity contribution is -0.131. The minimum atomic E-state index is -1.04. The topological polar surface area (TPSA) is 143 Å². The molecule has 4 rings (SSSR count). The van der Waals surface area contributed by atoms with Gasteiger partial charge in [-0.05, 0) is 58.7 Å². The molecule has 0 spiro atoms. The summed E-state index contributed by atoms with van der Waals surface area (Å²) in [6.45, 7) is 0.172. The van der Waals surface area contributed by atoms with Crippen LogP contribution in [0.2, 0.25) is 0 Å². The van der Waals surface area contributed by atoms with Crippen molar-refractivity contribution in [3.8, 4) is 28.5 Å². The number of carbonyl (C=O) groups is 1. The number of carboxylic acids is 1. The fourth-order valence-electron chi connectivity index (χ4n) is 3.54. The Bertz CT molecular complexity index is 1520. The van der Waals surface area contributed by atoms with E-state index < -0.39 is 11.5 Å². The molecule has 0 aliphatic rings. The number of hydrogen-bond donors (Lipinski definition) is 5. The van der Waals surface area contributed by atoms with E-state index in [1.54, 1.807) is 36.4 Å². The maximum Gasteiger partial charge on any atom is 0.328 e. The highest BCUT2D eigenvalue weighted by Gasteiger charge is 2.11. The van der Waals surface area contributed by atoms with Crippen molar-refractivity contribution in [2.24, 2.45) is 4.99 Å². The average Bonchev–Trinajstić information content (AvgIpc) is 2.82. The van der Waals surface area contributed by atoms with Crippen LogP contribution in [-0.4, -0.2) is 37.6 Å². The van der Waals surface area contributed by atoms with Gasteiger partial charge in [-0.3, -0.25) is 14.8 Å². The van der Waals surface area contributed by atoms with E-state index in [0.717, 1.165) is 17.2 Å². The van der Waals surface area contributed by atoms with Crippen molar-refractivity contribution in [2.75, 3.05) is 0 Å². The van der Waals surface area contributed by atoms with E-state index in [9.17, 15) is 24.9 Å². The zero-order valence-corrected chi connectivity index (χ0v) is 17.8. The van der Waals surface area contributed by atoms with Crippen molar-refractivity contribution in [1.29, 1.82) is 0 Å². The molecule has 0 unspecified atom stereocenters. The molecule has 170 valence electrons. The fourth-order valence-corrected chi connectivity index (χ4v) is 3.54. The van der Waals surface area contributed by atoms with Crippen LogP contribution in [-0.2, 0) is 11.3 Å². The van der Waals surface area contributed by atoms with Crippen LogP contribution in [0.4, 0.5) is 0 Å². The molecule has 1 aromatic heterocycles. The molecule has 0 saturated carbocycles. The highest BCUT2D eigenvalue weighted by Crippen LogP contribution is 2.29. The van der Waals surface area contributed by atoms with Gasteiger partial charge < -0.3 is 20.4 Å². The maximum atomic E-state index is 12.4. The number of H-pyrrole nitrogens is 1. The first-order chi connectivity index (χ1) is 16.3. The minimum Gasteiger partial charge on any atom is -0.504 e. The van der Waals surface area contributed by atoms with Gasteiger partial charge in [0.1, 0.15) is 0 Å². The number of pyridine rings is 1. The first kappa shape index (κ1) is 22.3. The van der Waals surface area contributed by atoms with E-state index in [4.69, 9.17) is 5.11 Å². The molecular weight excluding hydrogens is 436 g/mol. The minimum absolute atomic E-state index is 0.172. The number of benzene rings is 3. The number of aliphatic carboxylic acids is 1. The maximum absolute atomic E-state index is 12.4. The number of rotatable bonds is 6. The van der Waals surface area contributed by atoms with Crippen molar-refractivity contribution < 1.29 is 25.2 Å². The molecule has 0 atom stereocenters. The van der Waals surface area contributed by atoms with Crippen LogP contribution >= 0.6 is 0 Å². The number of aromatic amines is 1. The quantitative estimate of drug-likeness (QED) is 0.168. The largest absolute Gasteiger partial charge is 0.504 e. The first-order valence-corrected chi connectivity index (χ1v) is 10.2. The standard InChI is InChI=1S/C26H20N2O6/c29-22-8-4-16(11-23(22)30)13-27-14-21-20-12-18(6-7-19(20)25(33)28-26(21)34)17-3-1-2-15(10-17)5-9-24(31)32/h1-12,14,29-30H,13H2,(H,31,32)(H2,28,33,34)/b9-5+,27-14?. The third-order valence-electron chi connectivity index (χ3n) is 5.21. The molecule has 34 heavy (non-hydrogen) atoms. The molecule has 0 aliphatic heterocycles. The van der Waals surface area contributed by atoms with E-state index in [1.165, 1.54) is 24.4 Å². The highest BCUT2D eigenvalue weighted by atomic mass is 16.4. The second kappa shape index (κ2) is 9.33.